The van der Waals surface area contributed by atoms with Gasteiger partial charge in [0.05, 0.1) is 25.2 Å². The molecule has 1 aromatic rings. The van der Waals surface area contributed by atoms with Crippen LogP contribution >= 0.6 is 0 Å². The molecule has 6 atom stereocenters. The summed E-state index contributed by atoms with van der Waals surface area (Å²) in [4.78, 5) is 28.5. The quantitative estimate of drug-likeness (QED) is 0.352. The Balaban J connectivity index is 1.55. The molecule has 4 rings (SSSR count). The van der Waals surface area contributed by atoms with Crippen molar-refractivity contribution in [2.75, 3.05) is 7.11 Å². The van der Waals surface area contributed by atoms with Gasteiger partial charge in [-0.3, -0.25) is 9.69 Å². The minimum atomic E-state index is -0.821. The summed E-state index contributed by atoms with van der Waals surface area (Å²) >= 11 is 0. The first kappa shape index (κ1) is 27.9. The highest BCUT2D eigenvalue weighted by atomic mass is 16.6. The fourth-order valence-corrected chi connectivity index (χ4v) is 7.50. The van der Waals surface area contributed by atoms with Crippen LogP contribution in [0, 0.1) is 29.6 Å². The molecule has 0 aromatic heterocycles. The lowest BCUT2D eigenvalue weighted by molar-refractivity contribution is -0.153. The first-order chi connectivity index (χ1) is 17.7. The molecule has 1 saturated heterocycles. The Hall–Kier alpha value is -2.08. The van der Waals surface area contributed by atoms with Crippen molar-refractivity contribution in [3.63, 3.8) is 0 Å². The molecule has 2 aliphatic carbocycles. The number of carbonyl (C=O) groups is 2. The van der Waals surface area contributed by atoms with Gasteiger partial charge in [0.2, 0.25) is 0 Å². The Morgan fingerprint density at radius 3 is 2.43 bits per heavy atom. The summed E-state index contributed by atoms with van der Waals surface area (Å²) in [5.41, 5.74) is 0.134. The molecule has 2 unspecified atom stereocenters. The smallest absolute Gasteiger partial charge is 0.412 e. The van der Waals surface area contributed by atoms with Gasteiger partial charge in [0.1, 0.15) is 12.3 Å². The Morgan fingerprint density at radius 1 is 1.03 bits per heavy atom. The summed E-state index contributed by atoms with van der Waals surface area (Å²) in [5.74, 6) is 1.70. The van der Waals surface area contributed by atoms with E-state index in [0.717, 1.165) is 24.3 Å². The third-order valence-electron chi connectivity index (χ3n) is 9.03. The molecule has 6 heteroatoms. The van der Waals surface area contributed by atoms with E-state index in [4.69, 9.17) is 14.2 Å². The van der Waals surface area contributed by atoms with Crippen molar-refractivity contribution in [2.24, 2.45) is 29.6 Å². The lowest BCUT2D eigenvalue weighted by atomic mass is 9.61. The second-order valence-electron chi connectivity index (χ2n) is 12.4. The number of methoxy groups -OCH3 is 1. The monoisotopic (exact) mass is 513 g/mol. The summed E-state index contributed by atoms with van der Waals surface area (Å²) in [6.07, 6.45) is 9.41. The fourth-order valence-electron chi connectivity index (χ4n) is 7.50. The summed E-state index contributed by atoms with van der Waals surface area (Å²) in [5, 5.41) is 0. The van der Waals surface area contributed by atoms with E-state index >= 15 is 0 Å². The Morgan fingerprint density at radius 2 is 1.73 bits per heavy atom. The van der Waals surface area contributed by atoms with Gasteiger partial charge in [0, 0.05) is 0 Å². The van der Waals surface area contributed by atoms with Gasteiger partial charge in [-0.15, -0.1) is 0 Å². The number of amides is 1. The van der Waals surface area contributed by atoms with E-state index in [0.29, 0.717) is 24.2 Å². The zero-order valence-corrected chi connectivity index (χ0v) is 23.5. The lowest BCUT2D eigenvalue weighted by Gasteiger charge is -2.44. The van der Waals surface area contributed by atoms with Crippen LogP contribution in [0.2, 0.25) is 0 Å². The number of nitrogens with zero attached hydrogens (tertiary/aromatic N) is 1. The van der Waals surface area contributed by atoms with E-state index in [1.165, 1.54) is 45.6 Å². The summed E-state index contributed by atoms with van der Waals surface area (Å²) in [7, 11) is 1.51. The van der Waals surface area contributed by atoms with Gasteiger partial charge in [-0.05, 0) is 68.8 Å². The largest absolute Gasteiger partial charge is 0.469 e. The zero-order chi connectivity index (χ0) is 26.6. The van der Waals surface area contributed by atoms with Crippen molar-refractivity contribution in [1.82, 2.24) is 4.90 Å². The number of benzene rings is 1. The minimum absolute atomic E-state index is 0.119. The lowest BCUT2D eigenvalue weighted by Crippen LogP contribution is -2.49. The highest BCUT2D eigenvalue weighted by molar-refractivity contribution is 5.73. The molecule has 3 fully saturated rings. The molecule has 1 heterocycles. The van der Waals surface area contributed by atoms with Crippen molar-refractivity contribution in [1.29, 1.82) is 0 Å². The van der Waals surface area contributed by atoms with E-state index in [-0.39, 0.29) is 36.7 Å². The average molecular weight is 514 g/mol. The molecule has 6 nitrogen and oxygen atoms in total. The van der Waals surface area contributed by atoms with E-state index < -0.39 is 5.72 Å². The second kappa shape index (κ2) is 12.2. The number of carbonyl (C=O) groups excluding carboxylic acids is 2. The van der Waals surface area contributed by atoms with Crippen LogP contribution in [0.1, 0.15) is 91.0 Å². The van der Waals surface area contributed by atoms with Crippen LogP contribution in [0.25, 0.3) is 0 Å². The molecule has 0 spiro atoms. The van der Waals surface area contributed by atoms with Gasteiger partial charge in [-0.1, -0.05) is 76.3 Å². The molecule has 0 N–H and O–H groups in total. The standard InChI is InChI=1S/C31H47NO5/c1-21(2)18-27-28(37-31(3,4)32(27)30(34)36-20-22-12-7-6-8-13-22)19-26(29(33)35-5)25-17-11-15-23-14-9-10-16-24(23)25/h6-8,12-13,21,23-28H,9-11,14-20H2,1-5H3/t23?,24?,25-,26+,27-,28-/m0/s1. The number of hydrogen-bond donors (Lipinski definition) is 0. The third-order valence-corrected chi connectivity index (χ3v) is 9.03. The van der Waals surface area contributed by atoms with Crippen molar-refractivity contribution in [2.45, 2.75) is 110 Å². The van der Waals surface area contributed by atoms with Gasteiger partial charge in [0.15, 0.2) is 0 Å². The van der Waals surface area contributed by atoms with E-state index in [9.17, 15) is 9.59 Å². The third kappa shape index (κ3) is 6.50. The maximum absolute atomic E-state index is 13.5. The SMILES string of the molecule is COC(=O)[C@H](C[C@@H]1OC(C)(C)N(C(=O)OCc2ccccc2)[C@H]1CC(C)C)[C@H]1CCCC2CCCCC21. The summed E-state index contributed by atoms with van der Waals surface area (Å²) < 4.78 is 17.8. The predicted molar refractivity (Wildman–Crippen MR) is 144 cm³/mol. The maximum atomic E-state index is 13.5. The molecular weight excluding hydrogens is 466 g/mol. The number of fused-ring (bicyclic) bond motifs is 1. The first-order valence-corrected chi connectivity index (χ1v) is 14.5. The topological polar surface area (TPSA) is 65.1 Å². The molecule has 206 valence electrons. The summed E-state index contributed by atoms with van der Waals surface area (Å²) in [6, 6.07) is 9.59. The number of ether oxygens (including phenoxy) is 3. The first-order valence-electron chi connectivity index (χ1n) is 14.5. The molecule has 0 radical (unpaired) electrons. The number of hydrogen-bond acceptors (Lipinski definition) is 5. The molecule has 3 aliphatic rings. The number of esters is 1. The fraction of sp³-hybridized carbons (Fsp3) is 0.742. The minimum Gasteiger partial charge on any atom is -0.469 e. The van der Waals surface area contributed by atoms with Gasteiger partial charge < -0.3 is 14.2 Å². The zero-order valence-electron chi connectivity index (χ0n) is 23.5. The average Bonchev–Trinajstić information content (AvgIpc) is 3.13. The molecular formula is C31H47NO5. The molecule has 37 heavy (non-hydrogen) atoms. The van der Waals surface area contributed by atoms with Crippen molar-refractivity contribution in [3.05, 3.63) is 35.9 Å². The maximum Gasteiger partial charge on any atom is 0.412 e. The van der Waals surface area contributed by atoms with Gasteiger partial charge in [-0.25, -0.2) is 4.79 Å². The van der Waals surface area contributed by atoms with Crippen LogP contribution in [0.15, 0.2) is 30.3 Å². The molecule has 0 bridgehead atoms. The predicted octanol–water partition coefficient (Wildman–Crippen LogP) is 6.96. The Bertz CT molecular complexity index is 898. The second-order valence-corrected chi connectivity index (χ2v) is 12.4. The van der Waals surface area contributed by atoms with Crippen LogP contribution in [0.3, 0.4) is 0 Å². The Kier molecular flexibility index (Phi) is 9.20. The van der Waals surface area contributed by atoms with Crippen LogP contribution in [-0.2, 0) is 25.6 Å². The van der Waals surface area contributed by atoms with Crippen molar-refractivity contribution in [3.8, 4) is 0 Å². The highest BCUT2D eigenvalue weighted by Crippen LogP contribution is 2.49. The van der Waals surface area contributed by atoms with Crippen LogP contribution in [0.4, 0.5) is 4.79 Å². The van der Waals surface area contributed by atoms with E-state index in [1.54, 1.807) is 4.90 Å². The van der Waals surface area contributed by atoms with E-state index in [1.807, 2.05) is 44.2 Å². The summed E-state index contributed by atoms with van der Waals surface area (Å²) in [6.45, 7) is 8.44. The molecule has 1 amide bonds. The highest BCUT2D eigenvalue weighted by Gasteiger charge is 2.53. The van der Waals surface area contributed by atoms with Crippen LogP contribution < -0.4 is 0 Å². The van der Waals surface area contributed by atoms with Crippen molar-refractivity contribution < 1.29 is 23.8 Å². The van der Waals surface area contributed by atoms with E-state index in [2.05, 4.69) is 13.8 Å². The number of rotatable bonds is 8. The van der Waals surface area contributed by atoms with Gasteiger partial charge >= 0.3 is 12.1 Å². The van der Waals surface area contributed by atoms with Gasteiger partial charge in [-0.2, -0.15) is 0 Å². The normalized spacial score (nSPS) is 30.0. The molecule has 2 saturated carbocycles. The van der Waals surface area contributed by atoms with Crippen LogP contribution in [-0.4, -0.2) is 41.9 Å². The van der Waals surface area contributed by atoms with Crippen molar-refractivity contribution >= 4 is 12.1 Å². The Labute approximate surface area is 223 Å². The molecule has 1 aromatic carbocycles. The molecule has 1 aliphatic heterocycles. The van der Waals surface area contributed by atoms with Crippen LogP contribution in [0.5, 0.6) is 0 Å². The van der Waals surface area contributed by atoms with Gasteiger partial charge in [0.25, 0.3) is 0 Å².